The quantitative estimate of drug-likeness (QED) is 0.425. The van der Waals surface area contributed by atoms with Gasteiger partial charge in [0.05, 0.1) is 11.4 Å². The van der Waals surface area contributed by atoms with Crippen molar-refractivity contribution >= 4 is 17.1 Å². The lowest BCUT2D eigenvalue weighted by Gasteiger charge is -2.33. The van der Waals surface area contributed by atoms with Crippen molar-refractivity contribution in [2.24, 2.45) is 0 Å². The summed E-state index contributed by atoms with van der Waals surface area (Å²) in [6, 6.07) is 25.1. The smallest absolute Gasteiger partial charge is 0.151 e. The lowest BCUT2D eigenvalue weighted by molar-refractivity contribution is 0.477. The van der Waals surface area contributed by atoms with E-state index in [-0.39, 0.29) is 0 Å². The molecular formula is C21H19NO. The summed E-state index contributed by atoms with van der Waals surface area (Å²) in [5, 5.41) is 0. The van der Waals surface area contributed by atoms with Crippen LogP contribution in [0.15, 0.2) is 72.8 Å². The first-order valence-electron chi connectivity index (χ1n) is 8.00. The molecule has 0 atom stereocenters. The summed E-state index contributed by atoms with van der Waals surface area (Å²) in [5.41, 5.74) is 4.66. The number of nitrogens with zero attached hydrogens (tertiary/aromatic N) is 1. The molecule has 0 N–H and O–H groups in total. The molecule has 0 spiro atoms. The molecule has 2 nitrogen and oxygen atoms in total. The topological polar surface area (TPSA) is 12.5 Å². The molecule has 0 saturated carbocycles. The standard InChI is InChI=1S/C21H19NO/c1-15(2)16-8-7-9-17(14-16)22-18-10-3-5-12-20(18)23-21-13-6-4-11-19(21)22/h3-15H,1-2H3. The fourth-order valence-electron chi connectivity index (χ4n) is 3.01. The van der Waals surface area contributed by atoms with Gasteiger partial charge in [0.1, 0.15) is 0 Å². The van der Waals surface area contributed by atoms with E-state index >= 15 is 0 Å². The maximum atomic E-state index is 6.07. The predicted molar refractivity (Wildman–Crippen MR) is 95.3 cm³/mol. The van der Waals surface area contributed by atoms with Crippen LogP contribution in [-0.2, 0) is 0 Å². The molecule has 0 amide bonds. The van der Waals surface area contributed by atoms with E-state index in [4.69, 9.17) is 4.74 Å². The molecule has 0 aromatic heterocycles. The van der Waals surface area contributed by atoms with Gasteiger partial charge in [0.15, 0.2) is 11.5 Å². The van der Waals surface area contributed by atoms with Crippen LogP contribution in [0.5, 0.6) is 11.5 Å². The van der Waals surface area contributed by atoms with E-state index in [2.05, 4.69) is 67.3 Å². The van der Waals surface area contributed by atoms with Crippen LogP contribution >= 0.6 is 0 Å². The molecule has 1 heterocycles. The largest absolute Gasteiger partial charge is 0.453 e. The Bertz CT molecular complexity index is 808. The highest BCUT2D eigenvalue weighted by atomic mass is 16.5. The summed E-state index contributed by atoms with van der Waals surface area (Å²) in [5.74, 6) is 2.28. The number of para-hydroxylation sites is 4. The molecule has 3 aromatic rings. The maximum Gasteiger partial charge on any atom is 0.151 e. The Morgan fingerprint density at radius 3 is 1.96 bits per heavy atom. The van der Waals surface area contributed by atoms with Gasteiger partial charge in [0.25, 0.3) is 0 Å². The Balaban J connectivity index is 1.93. The minimum absolute atomic E-state index is 0.501. The van der Waals surface area contributed by atoms with Gasteiger partial charge in [-0.3, -0.25) is 0 Å². The van der Waals surface area contributed by atoms with E-state index in [1.165, 1.54) is 11.3 Å². The van der Waals surface area contributed by atoms with E-state index in [9.17, 15) is 0 Å². The van der Waals surface area contributed by atoms with Gasteiger partial charge >= 0.3 is 0 Å². The van der Waals surface area contributed by atoms with Crippen molar-refractivity contribution < 1.29 is 4.74 Å². The molecule has 0 fully saturated rings. The number of hydrogen-bond acceptors (Lipinski definition) is 2. The van der Waals surface area contributed by atoms with Gasteiger partial charge in [0, 0.05) is 5.69 Å². The molecule has 2 heteroatoms. The van der Waals surface area contributed by atoms with Crippen LogP contribution in [0.25, 0.3) is 0 Å². The van der Waals surface area contributed by atoms with Gasteiger partial charge in [-0.15, -0.1) is 0 Å². The molecule has 0 aliphatic carbocycles. The predicted octanol–water partition coefficient (Wildman–Crippen LogP) is 6.39. The number of fused-ring (bicyclic) bond motifs is 2. The third-order valence-corrected chi connectivity index (χ3v) is 4.23. The molecular weight excluding hydrogens is 282 g/mol. The van der Waals surface area contributed by atoms with Gasteiger partial charge in [-0.2, -0.15) is 0 Å². The van der Waals surface area contributed by atoms with Crippen LogP contribution in [0.3, 0.4) is 0 Å². The highest BCUT2D eigenvalue weighted by molar-refractivity contribution is 5.86. The van der Waals surface area contributed by atoms with Crippen LogP contribution in [0.1, 0.15) is 25.3 Å². The fourth-order valence-corrected chi connectivity index (χ4v) is 3.01. The average Bonchev–Trinajstić information content (AvgIpc) is 2.59. The molecule has 0 bridgehead atoms. The number of hydrogen-bond donors (Lipinski definition) is 0. The monoisotopic (exact) mass is 301 g/mol. The van der Waals surface area contributed by atoms with E-state index in [0.717, 1.165) is 22.9 Å². The third kappa shape index (κ3) is 2.36. The minimum Gasteiger partial charge on any atom is -0.453 e. The van der Waals surface area contributed by atoms with E-state index in [1.54, 1.807) is 0 Å². The molecule has 3 aromatic carbocycles. The van der Waals surface area contributed by atoms with Crippen molar-refractivity contribution in [2.45, 2.75) is 19.8 Å². The van der Waals surface area contributed by atoms with Crippen molar-refractivity contribution in [1.82, 2.24) is 0 Å². The molecule has 0 radical (unpaired) electrons. The fraction of sp³-hybridized carbons (Fsp3) is 0.143. The highest BCUT2D eigenvalue weighted by Crippen LogP contribution is 2.50. The summed E-state index contributed by atoms with van der Waals surface area (Å²) >= 11 is 0. The summed E-state index contributed by atoms with van der Waals surface area (Å²) in [6.07, 6.45) is 0. The summed E-state index contributed by atoms with van der Waals surface area (Å²) in [7, 11) is 0. The SMILES string of the molecule is CC(C)c1cccc(N2c3ccccc3Oc3ccccc32)c1. The van der Waals surface area contributed by atoms with E-state index in [1.807, 2.05) is 24.3 Å². The van der Waals surface area contributed by atoms with Crippen LogP contribution in [0.4, 0.5) is 17.1 Å². The molecule has 1 aliphatic rings. The second-order valence-corrected chi connectivity index (χ2v) is 6.12. The molecule has 23 heavy (non-hydrogen) atoms. The van der Waals surface area contributed by atoms with Crippen molar-refractivity contribution in [2.75, 3.05) is 4.90 Å². The van der Waals surface area contributed by atoms with Crippen LogP contribution in [0.2, 0.25) is 0 Å². The molecule has 4 rings (SSSR count). The van der Waals surface area contributed by atoms with Crippen molar-refractivity contribution in [1.29, 1.82) is 0 Å². The first-order valence-corrected chi connectivity index (χ1v) is 8.00. The maximum absolute atomic E-state index is 6.07. The molecule has 1 aliphatic heterocycles. The summed E-state index contributed by atoms with van der Waals surface area (Å²) in [6.45, 7) is 4.45. The first kappa shape index (κ1) is 13.9. The Hall–Kier alpha value is -2.74. The van der Waals surface area contributed by atoms with Crippen LogP contribution in [-0.4, -0.2) is 0 Å². The van der Waals surface area contributed by atoms with E-state index < -0.39 is 0 Å². The van der Waals surface area contributed by atoms with E-state index in [0.29, 0.717) is 5.92 Å². The number of benzene rings is 3. The molecule has 114 valence electrons. The highest BCUT2D eigenvalue weighted by Gasteiger charge is 2.25. The number of rotatable bonds is 2. The van der Waals surface area contributed by atoms with Crippen molar-refractivity contribution in [3.8, 4) is 11.5 Å². The lowest BCUT2D eigenvalue weighted by Crippen LogP contribution is -2.15. The van der Waals surface area contributed by atoms with Gasteiger partial charge in [0.2, 0.25) is 0 Å². The Kier molecular flexibility index (Phi) is 3.30. The van der Waals surface area contributed by atoms with Gasteiger partial charge in [-0.05, 0) is 47.9 Å². The van der Waals surface area contributed by atoms with Gasteiger partial charge in [-0.1, -0.05) is 50.2 Å². The second-order valence-electron chi connectivity index (χ2n) is 6.12. The Labute approximate surface area is 137 Å². The Morgan fingerprint density at radius 1 is 0.739 bits per heavy atom. The number of anilines is 3. The Morgan fingerprint density at radius 2 is 1.35 bits per heavy atom. The normalized spacial score (nSPS) is 12.6. The minimum atomic E-state index is 0.501. The molecule has 0 saturated heterocycles. The van der Waals surface area contributed by atoms with Crippen LogP contribution < -0.4 is 9.64 Å². The third-order valence-electron chi connectivity index (χ3n) is 4.23. The molecule has 0 unspecified atom stereocenters. The zero-order valence-electron chi connectivity index (χ0n) is 13.4. The zero-order chi connectivity index (χ0) is 15.8. The van der Waals surface area contributed by atoms with Crippen molar-refractivity contribution in [3.05, 3.63) is 78.4 Å². The number of ether oxygens (including phenoxy) is 1. The summed E-state index contributed by atoms with van der Waals surface area (Å²) in [4.78, 5) is 2.28. The zero-order valence-corrected chi connectivity index (χ0v) is 13.4. The average molecular weight is 301 g/mol. The lowest BCUT2D eigenvalue weighted by atomic mass is 10.0. The van der Waals surface area contributed by atoms with Gasteiger partial charge in [-0.25, -0.2) is 0 Å². The summed E-state index contributed by atoms with van der Waals surface area (Å²) < 4.78 is 6.07. The second kappa shape index (κ2) is 5.47. The van der Waals surface area contributed by atoms with Crippen LogP contribution in [0, 0.1) is 0 Å². The van der Waals surface area contributed by atoms with Crippen molar-refractivity contribution in [3.63, 3.8) is 0 Å². The van der Waals surface area contributed by atoms with Gasteiger partial charge < -0.3 is 9.64 Å². The first-order chi connectivity index (χ1) is 11.2.